The van der Waals surface area contributed by atoms with E-state index in [0.29, 0.717) is 0 Å². The first kappa shape index (κ1) is 15.0. The summed E-state index contributed by atoms with van der Waals surface area (Å²) < 4.78 is 5.16. The fourth-order valence-electron chi connectivity index (χ4n) is 2.25. The monoisotopic (exact) mass is 255 g/mol. The van der Waals surface area contributed by atoms with Gasteiger partial charge in [-0.05, 0) is 39.0 Å². The number of hydrogen-bond acceptors (Lipinski definition) is 3. The average molecular weight is 255 g/mol. The standard InChI is InChI=1S/C14H25NO3/c1-13(2,3)18-12(17)9-11(16)15-8-6-7-14(4,5)10-15/h6-10H2,1-5H3. The highest BCUT2D eigenvalue weighted by Gasteiger charge is 2.30. The van der Waals surface area contributed by atoms with Crippen LogP contribution in [0.25, 0.3) is 0 Å². The zero-order chi connectivity index (χ0) is 14.0. The van der Waals surface area contributed by atoms with Gasteiger partial charge in [0, 0.05) is 13.1 Å². The number of esters is 1. The van der Waals surface area contributed by atoms with Gasteiger partial charge in [0.05, 0.1) is 0 Å². The molecule has 4 heteroatoms. The molecular formula is C14H25NO3. The second-order valence-electron chi connectivity index (χ2n) is 6.85. The van der Waals surface area contributed by atoms with E-state index in [0.717, 1.165) is 25.9 Å². The van der Waals surface area contributed by atoms with Crippen LogP contribution in [-0.2, 0) is 14.3 Å². The molecule has 0 N–H and O–H groups in total. The van der Waals surface area contributed by atoms with Gasteiger partial charge in [0.1, 0.15) is 12.0 Å². The molecule has 0 saturated carbocycles. The Balaban J connectivity index is 2.48. The van der Waals surface area contributed by atoms with Gasteiger partial charge in [-0.3, -0.25) is 9.59 Å². The Kier molecular flexibility index (Phi) is 4.41. The van der Waals surface area contributed by atoms with Crippen LogP contribution in [0.3, 0.4) is 0 Å². The first-order valence-corrected chi connectivity index (χ1v) is 6.59. The normalized spacial score (nSPS) is 19.5. The maximum Gasteiger partial charge on any atom is 0.315 e. The molecule has 0 aromatic heterocycles. The number of piperidine rings is 1. The van der Waals surface area contributed by atoms with Crippen molar-refractivity contribution in [2.24, 2.45) is 5.41 Å². The molecule has 0 aromatic rings. The summed E-state index contributed by atoms with van der Waals surface area (Å²) in [6.07, 6.45) is 1.99. The number of carbonyl (C=O) groups excluding carboxylic acids is 2. The van der Waals surface area contributed by atoms with Gasteiger partial charge >= 0.3 is 5.97 Å². The molecule has 18 heavy (non-hydrogen) atoms. The predicted octanol–water partition coefficient (Wildman–Crippen LogP) is 2.37. The molecule has 1 rings (SSSR count). The van der Waals surface area contributed by atoms with Gasteiger partial charge in [-0.15, -0.1) is 0 Å². The summed E-state index contributed by atoms with van der Waals surface area (Å²) in [6.45, 7) is 11.2. The average Bonchev–Trinajstić information content (AvgIpc) is 2.12. The predicted molar refractivity (Wildman–Crippen MR) is 70.1 cm³/mol. The van der Waals surface area contributed by atoms with Crippen LogP contribution in [0.15, 0.2) is 0 Å². The molecule has 0 radical (unpaired) electrons. The van der Waals surface area contributed by atoms with Crippen LogP contribution >= 0.6 is 0 Å². The molecule has 1 aliphatic heterocycles. The van der Waals surface area contributed by atoms with E-state index in [9.17, 15) is 9.59 Å². The Morgan fingerprint density at radius 1 is 1.28 bits per heavy atom. The number of hydrogen-bond donors (Lipinski definition) is 0. The van der Waals surface area contributed by atoms with Crippen molar-refractivity contribution < 1.29 is 14.3 Å². The molecule has 1 amide bonds. The Morgan fingerprint density at radius 3 is 2.39 bits per heavy atom. The number of likely N-dealkylation sites (tertiary alicyclic amines) is 1. The summed E-state index contributed by atoms with van der Waals surface area (Å²) in [4.78, 5) is 25.4. The van der Waals surface area contributed by atoms with Crippen LogP contribution < -0.4 is 0 Å². The van der Waals surface area contributed by atoms with Gasteiger partial charge in [0.2, 0.25) is 5.91 Å². The first-order valence-electron chi connectivity index (χ1n) is 6.59. The van der Waals surface area contributed by atoms with Gasteiger partial charge in [0.25, 0.3) is 0 Å². The van der Waals surface area contributed by atoms with Crippen molar-refractivity contribution in [3.63, 3.8) is 0 Å². The number of amides is 1. The van der Waals surface area contributed by atoms with Crippen molar-refractivity contribution in [1.29, 1.82) is 0 Å². The smallest absolute Gasteiger partial charge is 0.315 e. The molecule has 0 atom stereocenters. The highest BCUT2D eigenvalue weighted by molar-refractivity contribution is 5.94. The maximum absolute atomic E-state index is 12.0. The maximum atomic E-state index is 12.0. The van der Waals surface area contributed by atoms with E-state index in [-0.39, 0.29) is 17.7 Å². The zero-order valence-electron chi connectivity index (χ0n) is 12.2. The van der Waals surface area contributed by atoms with Gasteiger partial charge in [-0.1, -0.05) is 13.8 Å². The zero-order valence-corrected chi connectivity index (χ0v) is 12.2. The molecular weight excluding hydrogens is 230 g/mol. The molecule has 0 bridgehead atoms. The quantitative estimate of drug-likeness (QED) is 0.562. The van der Waals surface area contributed by atoms with Crippen LogP contribution in [0.1, 0.15) is 53.9 Å². The topological polar surface area (TPSA) is 46.6 Å². The minimum Gasteiger partial charge on any atom is -0.460 e. The van der Waals surface area contributed by atoms with Crippen LogP contribution in [0.2, 0.25) is 0 Å². The van der Waals surface area contributed by atoms with Crippen LogP contribution in [-0.4, -0.2) is 35.5 Å². The highest BCUT2D eigenvalue weighted by Crippen LogP contribution is 2.28. The lowest BCUT2D eigenvalue weighted by Gasteiger charge is -2.38. The minimum atomic E-state index is -0.529. The van der Waals surface area contributed by atoms with E-state index in [1.165, 1.54) is 0 Å². The Labute approximate surface area is 110 Å². The summed E-state index contributed by atoms with van der Waals surface area (Å²) in [5.74, 6) is -0.548. The van der Waals surface area contributed by atoms with Gasteiger partial charge in [-0.2, -0.15) is 0 Å². The molecule has 0 unspecified atom stereocenters. The number of ether oxygens (including phenoxy) is 1. The molecule has 4 nitrogen and oxygen atoms in total. The van der Waals surface area contributed by atoms with E-state index in [1.807, 2.05) is 0 Å². The van der Waals surface area contributed by atoms with Crippen LogP contribution in [0, 0.1) is 5.41 Å². The third kappa shape index (κ3) is 5.07. The second-order valence-corrected chi connectivity index (χ2v) is 6.85. The lowest BCUT2D eigenvalue weighted by atomic mass is 9.84. The lowest BCUT2D eigenvalue weighted by molar-refractivity contribution is -0.158. The number of rotatable bonds is 2. The van der Waals surface area contributed by atoms with Crippen LogP contribution in [0.4, 0.5) is 0 Å². The molecule has 0 spiro atoms. The minimum absolute atomic E-state index is 0.114. The molecule has 1 fully saturated rings. The summed E-state index contributed by atoms with van der Waals surface area (Å²) in [6, 6.07) is 0. The van der Waals surface area contributed by atoms with E-state index in [1.54, 1.807) is 25.7 Å². The Morgan fingerprint density at radius 2 is 1.89 bits per heavy atom. The molecule has 1 saturated heterocycles. The second kappa shape index (κ2) is 5.29. The summed E-state index contributed by atoms with van der Waals surface area (Å²) >= 11 is 0. The fraction of sp³-hybridized carbons (Fsp3) is 0.857. The fourth-order valence-corrected chi connectivity index (χ4v) is 2.25. The number of nitrogens with zero attached hydrogens (tertiary/aromatic N) is 1. The molecule has 1 aliphatic rings. The summed E-state index contributed by atoms with van der Waals surface area (Å²) in [7, 11) is 0. The molecule has 0 aromatic carbocycles. The summed E-state index contributed by atoms with van der Waals surface area (Å²) in [5.41, 5.74) is -0.375. The van der Waals surface area contributed by atoms with Gasteiger partial charge < -0.3 is 9.64 Å². The van der Waals surface area contributed by atoms with Crippen molar-refractivity contribution in [3.05, 3.63) is 0 Å². The lowest BCUT2D eigenvalue weighted by Crippen LogP contribution is -2.44. The van der Waals surface area contributed by atoms with Crippen molar-refractivity contribution in [2.75, 3.05) is 13.1 Å². The third-order valence-electron chi connectivity index (χ3n) is 2.97. The SMILES string of the molecule is CC1(C)CCCN(C(=O)CC(=O)OC(C)(C)C)C1. The van der Waals surface area contributed by atoms with Gasteiger partial charge in [0.15, 0.2) is 0 Å². The third-order valence-corrected chi connectivity index (χ3v) is 2.97. The van der Waals surface area contributed by atoms with Crippen molar-refractivity contribution in [1.82, 2.24) is 4.90 Å². The van der Waals surface area contributed by atoms with E-state index in [2.05, 4.69) is 13.8 Å². The van der Waals surface area contributed by atoms with Crippen molar-refractivity contribution in [3.8, 4) is 0 Å². The number of carbonyl (C=O) groups is 2. The van der Waals surface area contributed by atoms with E-state index >= 15 is 0 Å². The Hall–Kier alpha value is -1.06. The molecule has 104 valence electrons. The van der Waals surface area contributed by atoms with Gasteiger partial charge in [-0.25, -0.2) is 0 Å². The first-order chi connectivity index (χ1) is 8.09. The largest absolute Gasteiger partial charge is 0.460 e. The molecule has 0 aliphatic carbocycles. The Bertz CT molecular complexity index is 328. The summed E-state index contributed by atoms with van der Waals surface area (Å²) in [5, 5.41) is 0. The van der Waals surface area contributed by atoms with Crippen molar-refractivity contribution in [2.45, 2.75) is 59.5 Å². The van der Waals surface area contributed by atoms with Crippen molar-refractivity contribution >= 4 is 11.9 Å². The van der Waals surface area contributed by atoms with Crippen LogP contribution in [0.5, 0.6) is 0 Å². The van der Waals surface area contributed by atoms with E-state index in [4.69, 9.17) is 4.74 Å². The highest BCUT2D eigenvalue weighted by atomic mass is 16.6. The van der Waals surface area contributed by atoms with E-state index < -0.39 is 11.6 Å². The molecule has 1 heterocycles.